The summed E-state index contributed by atoms with van der Waals surface area (Å²) in [6.45, 7) is -1.17. The number of methoxy groups -OCH3 is 1. The molecular weight excluding hydrogens is 317 g/mol. The van der Waals surface area contributed by atoms with Gasteiger partial charge in [-0.15, -0.1) is 0 Å². The topological polar surface area (TPSA) is 77.4 Å². The molecule has 0 aliphatic heterocycles. The van der Waals surface area contributed by atoms with Gasteiger partial charge < -0.3 is 14.6 Å². The van der Waals surface area contributed by atoms with E-state index in [0.29, 0.717) is 16.8 Å². The Morgan fingerprint density at radius 3 is 2.57 bits per heavy atom. The van der Waals surface area contributed by atoms with E-state index in [0.717, 1.165) is 7.11 Å². The van der Waals surface area contributed by atoms with Gasteiger partial charge in [-0.3, -0.25) is 14.4 Å². The van der Waals surface area contributed by atoms with Crippen LogP contribution in [0.3, 0.4) is 0 Å². The molecule has 1 amide bonds. The van der Waals surface area contributed by atoms with Crippen LogP contribution in [0.1, 0.15) is 5.56 Å². The van der Waals surface area contributed by atoms with Crippen molar-refractivity contribution < 1.29 is 27.5 Å². The van der Waals surface area contributed by atoms with Crippen molar-refractivity contribution in [2.45, 2.75) is 12.7 Å². The maximum absolute atomic E-state index is 12.6. The quantitative estimate of drug-likeness (QED) is 0.831. The number of aromatic nitrogens is 1. The molecule has 0 aliphatic carbocycles. The Hall–Kier alpha value is -2.03. The van der Waals surface area contributed by atoms with Gasteiger partial charge in [-0.25, -0.2) is 0 Å². The third-order valence-corrected chi connectivity index (χ3v) is 2.61. The molecule has 0 unspecified atom stereocenters. The van der Waals surface area contributed by atoms with E-state index in [1.165, 1.54) is 0 Å². The van der Waals surface area contributed by atoms with Gasteiger partial charge in [-0.05, 0) is 6.07 Å². The van der Waals surface area contributed by atoms with Gasteiger partial charge in [-0.1, -0.05) is 11.6 Å². The second-order valence-electron chi connectivity index (χ2n) is 3.86. The molecule has 1 heterocycles. The molecule has 1 N–H and O–H groups in total. The van der Waals surface area contributed by atoms with Crippen molar-refractivity contribution in [3.8, 4) is 0 Å². The fraction of sp³-hybridized carbons (Fsp3) is 0.364. The summed E-state index contributed by atoms with van der Waals surface area (Å²) < 4.78 is 42.5. The van der Waals surface area contributed by atoms with Crippen molar-refractivity contribution in [3.05, 3.63) is 33.2 Å². The highest BCUT2D eigenvalue weighted by Gasteiger charge is 2.32. The van der Waals surface area contributed by atoms with Crippen molar-refractivity contribution in [1.29, 1.82) is 0 Å². The highest BCUT2D eigenvalue weighted by atomic mass is 35.5. The monoisotopic (exact) mass is 326 g/mol. The summed E-state index contributed by atoms with van der Waals surface area (Å²) in [7, 11) is 1.10. The lowest BCUT2D eigenvalue weighted by atomic mass is 10.2. The largest absolute Gasteiger partial charge is 0.468 e. The molecule has 0 atom stereocenters. The molecule has 116 valence electrons. The summed E-state index contributed by atoms with van der Waals surface area (Å²) in [4.78, 5) is 33.8. The van der Waals surface area contributed by atoms with Gasteiger partial charge in [0.25, 0.3) is 5.56 Å². The molecule has 1 aromatic rings. The van der Waals surface area contributed by atoms with E-state index in [2.05, 4.69) is 10.1 Å². The standard InChI is InChI=1S/C11H10ClF3N2O4/c1-21-9(19)3-16-8(18)5-17-4-6(11(13,14)15)2-7(12)10(17)20/h2,4H,3,5H2,1H3,(H,16,18). The van der Waals surface area contributed by atoms with Crippen LogP contribution < -0.4 is 10.9 Å². The van der Waals surface area contributed by atoms with E-state index >= 15 is 0 Å². The number of alkyl halides is 3. The van der Waals surface area contributed by atoms with Crippen LogP contribution in [0.2, 0.25) is 5.02 Å². The third-order valence-electron chi connectivity index (χ3n) is 2.34. The fourth-order valence-corrected chi connectivity index (χ4v) is 1.55. The van der Waals surface area contributed by atoms with Crippen molar-refractivity contribution in [2.75, 3.05) is 13.7 Å². The molecule has 0 fully saturated rings. The molecule has 10 heteroatoms. The molecule has 1 rings (SSSR count). The molecule has 0 radical (unpaired) electrons. The van der Waals surface area contributed by atoms with Gasteiger partial charge in [0.15, 0.2) is 0 Å². The number of rotatable bonds is 4. The molecule has 0 bridgehead atoms. The molecule has 1 aromatic heterocycles. The van der Waals surface area contributed by atoms with Crippen molar-refractivity contribution in [2.24, 2.45) is 0 Å². The lowest BCUT2D eigenvalue weighted by molar-refractivity contribution is -0.141. The molecule has 6 nitrogen and oxygen atoms in total. The Morgan fingerprint density at radius 2 is 2.05 bits per heavy atom. The molecule has 0 spiro atoms. The van der Waals surface area contributed by atoms with Gasteiger partial charge in [0.1, 0.15) is 18.1 Å². The average molecular weight is 327 g/mol. The van der Waals surface area contributed by atoms with Crippen molar-refractivity contribution >= 4 is 23.5 Å². The first-order chi connectivity index (χ1) is 9.65. The maximum Gasteiger partial charge on any atom is 0.417 e. The Kier molecular flexibility index (Phi) is 5.36. The predicted octanol–water partition coefficient (Wildman–Crippen LogP) is 0.810. The van der Waals surface area contributed by atoms with Crippen LogP contribution in [0, 0.1) is 0 Å². The van der Waals surface area contributed by atoms with Crippen LogP contribution in [0.5, 0.6) is 0 Å². The number of ether oxygens (including phenoxy) is 1. The summed E-state index contributed by atoms with van der Waals surface area (Å²) in [5, 5.41) is 1.43. The van der Waals surface area contributed by atoms with Crippen LogP contribution in [0.25, 0.3) is 0 Å². The molecule has 0 aromatic carbocycles. The van der Waals surface area contributed by atoms with Crippen LogP contribution >= 0.6 is 11.6 Å². The minimum atomic E-state index is -4.71. The lowest BCUT2D eigenvalue weighted by Crippen LogP contribution is -2.36. The highest BCUT2D eigenvalue weighted by molar-refractivity contribution is 6.30. The Bertz CT molecular complexity index is 612. The van der Waals surface area contributed by atoms with Gasteiger partial charge in [0.2, 0.25) is 5.91 Å². The highest BCUT2D eigenvalue weighted by Crippen LogP contribution is 2.29. The van der Waals surface area contributed by atoms with E-state index in [1.807, 2.05) is 0 Å². The summed E-state index contributed by atoms with van der Waals surface area (Å²) in [5.74, 6) is -1.57. The Morgan fingerprint density at radius 1 is 1.43 bits per heavy atom. The minimum absolute atomic E-state index is 0.462. The van der Waals surface area contributed by atoms with E-state index in [4.69, 9.17) is 11.6 Å². The summed E-state index contributed by atoms with van der Waals surface area (Å²) >= 11 is 5.42. The first kappa shape index (κ1) is 17.0. The summed E-state index contributed by atoms with van der Waals surface area (Å²) in [6, 6.07) is 0.479. The van der Waals surface area contributed by atoms with Gasteiger partial charge in [0, 0.05) is 6.20 Å². The maximum atomic E-state index is 12.6. The first-order valence-electron chi connectivity index (χ1n) is 5.46. The predicted molar refractivity (Wildman–Crippen MR) is 65.7 cm³/mol. The number of esters is 1. The SMILES string of the molecule is COC(=O)CNC(=O)Cn1cc(C(F)(F)F)cc(Cl)c1=O. The Balaban J connectivity index is 2.93. The van der Waals surface area contributed by atoms with Gasteiger partial charge in [-0.2, -0.15) is 13.2 Å². The Labute approximate surface area is 121 Å². The van der Waals surface area contributed by atoms with Crippen molar-refractivity contribution in [1.82, 2.24) is 9.88 Å². The summed E-state index contributed by atoms with van der Waals surface area (Å²) in [6.07, 6.45) is -4.23. The number of pyridine rings is 1. The van der Waals surface area contributed by atoms with Gasteiger partial charge in [0.05, 0.1) is 12.7 Å². The number of carbonyl (C=O) groups is 2. The molecule has 0 saturated heterocycles. The van der Waals surface area contributed by atoms with E-state index < -0.39 is 47.3 Å². The second-order valence-corrected chi connectivity index (χ2v) is 4.27. The third kappa shape index (κ3) is 4.78. The number of nitrogens with zero attached hydrogens (tertiary/aromatic N) is 1. The zero-order chi connectivity index (χ0) is 16.2. The average Bonchev–Trinajstić information content (AvgIpc) is 2.39. The van der Waals surface area contributed by atoms with Gasteiger partial charge >= 0.3 is 12.1 Å². The number of hydrogen-bond acceptors (Lipinski definition) is 4. The number of amides is 1. The van der Waals surface area contributed by atoms with Crippen LogP contribution in [-0.2, 0) is 27.0 Å². The molecule has 0 saturated carbocycles. The smallest absolute Gasteiger partial charge is 0.417 e. The normalized spacial score (nSPS) is 11.1. The number of hydrogen-bond donors (Lipinski definition) is 1. The number of carbonyl (C=O) groups excluding carboxylic acids is 2. The number of halogens is 4. The number of nitrogens with one attached hydrogen (secondary N) is 1. The van der Waals surface area contributed by atoms with E-state index in [-0.39, 0.29) is 0 Å². The minimum Gasteiger partial charge on any atom is -0.468 e. The van der Waals surface area contributed by atoms with Crippen LogP contribution in [-0.4, -0.2) is 30.1 Å². The van der Waals surface area contributed by atoms with Crippen LogP contribution in [0.15, 0.2) is 17.1 Å². The van der Waals surface area contributed by atoms with Crippen molar-refractivity contribution in [3.63, 3.8) is 0 Å². The first-order valence-corrected chi connectivity index (χ1v) is 5.83. The van der Waals surface area contributed by atoms with E-state index in [1.54, 1.807) is 0 Å². The second kappa shape index (κ2) is 6.61. The van der Waals surface area contributed by atoms with E-state index in [9.17, 15) is 27.6 Å². The molecule has 0 aliphatic rings. The molecule has 21 heavy (non-hydrogen) atoms. The fourth-order valence-electron chi connectivity index (χ4n) is 1.33. The summed E-state index contributed by atoms with van der Waals surface area (Å²) in [5.41, 5.74) is -2.11. The van der Waals surface area contributed by atoms with Crippen LogP contribution in [0.4, 0.5) is 13.2 Å². The zero-order valence-corrected chi connectivity index (χ0v) is 11.4. The lowest BCUT2D eigenvalue weighted by Gasteiger charge is -2.11. The molecular formula is C11H10ClF3N2O4. The zero-order valence-electron chi connectivity index (χ0n) is 10.7.